The highest BCUT2D eigenvalue weighted by Crippen LogP contribution is 2.47. The summed E-state index contributed by atoms with van der Waals surface area (Å²) in [4.78, 5) is 10.7. The Morgan fingerprint density at radius 3 is 2.69 bits per heavy atom. The van der Waals surface area contributed by atoms with E-state index in [9.17, 15) is 13.2 Å². The number of nitrogens with zero attached hydrogens (tertiary/aromatic N) is 5. The molecular weight excluding hydrogens is 389 g/mol. The van der Waals surface area contributed by atoms with Crippen molar-refractivity contribution in [2.24, 2.45) is 5.92 Å². The summed E-state index contributed by atoms with van der Waals surface area (Å²) >= 11 is 0. The summed E-state index contributed by atoms with van der Waals surface area (Å²) in [5.74, 6) is 0.466. The molecule has 0 bridgehead atoms. The maximum atomic E-state index is 14.4. The highest BCUT2D eigenvalue weighted by Gasteiger charge is 2.53. The summed E-state index contributed by atoms with van der Waals surface area (Å²) in [6.45, 7) is 1.55. The van der Waals surface area contributed by atoms with Crippen LogP contribution in [0.15, 0.2) is 12.1 Å². The number of rotatable bonds is 4. The molecule has 2 aromatic heterocycles. The number of nitrogens with two attached hydrogens (primary N) is 1. The zero-order chi connectivity index (χ0) is 20.0. The van der Waals surface area contributed by atoms with Gasteiger partial charge in [0.05, 0.1) is 0 Å². The Labute approximate surface area is 162 Å². The van der Waals surface area contributed by atoms with Crippen LogP contribution in [0, 0.1) is 5.92 Å². The molecule has 1 saturated heterocycles. The van der Waals surface area contributed by atoms with E-state index in [4.69, 9.17) is 5.73 Å². The predicted octanol–water partition coefficient (Wildman–Crippen LogP) is 2.16. The highest BCUT2D eigenvalue weighted by atomic mass is 19.3. The van der Waals surface area contributed by atoms with Crippen molar-refractivity contribution in [1.82, 2.24) is 24.5 Å². The first-order chi connectivity index (χ1) is 13.8. The molecule has 2 N–H and O–H groups in total. The Bertz CT molecular complexity index is 1160. The first-order valence-corrected chi connectivity index (χ1v) is 9.46. The van der Waals surface area contributed by atoms with Crippen molar-refractivity contribution in [3.63, 3.8) is 0 Å². The fraction of sp³-hybridized carbons (Fsp3) is 0.500. The molecular formula is C18H17F3N6O2. The Morgan fingerprint density at radius 1 is 1.14 bits per heavy atom. The molecule has 8 nitrogen and oxygen atoms in total. The van der Waals surface area contributed by atoms with E-state index in [1.54, 1.807) is 6.07 Å². The molecule has 6 rings (SSSR count). The van der Waals surface area contributed by atoms with Crippen molar-refractivity contribution < 1.29 is 22.6 Å². The second kappa shape index (κ2) is 5.41. The molecule has 1 aromatic carbocycles. The van der Waals surface area contributed by atoms with Gasteiger partial charge in [-0.05, 0) is 30.9 Å². The fourth-order valence-electron chi connectivity index (χ4n) is 4.22. The van der Waals surface area contributed by atoms with E-state index in [0.29, 0.717) is 42.9 Å². The number of benzene rings is 1. The normalized spacial score (nSPS) is 22.3. The van der Waals surface area contributed by atoms with Gasteiger partial charge in [0, 0.05) is 31.4 Å². The molecule has 3 aromatic rings. The molecule has 2 aliphatic heterocycles. The van der Waals surface area contributed by atoms with Gasteiger partial charge < -0.3 is 15.2 Å². The van der Waals surface area contributed by atoms with Gasteiger partial charge in [-0.3, -0.25) is 4.90 Å². The fourth-order valence-corrected chi connectivity index (χ4v) is 4.22. The van der Waals surface area contributed by atoms with Gasteiger partial charge in [-0.15, -0.1) is 13.9 Å². The van der Waals surface area contributed by atoms with Crippen molar-refractivity contribution in [3.8, 4) is 11.5 Å². The molecule has 11 heteroatoms. The third kappa shape index (κ3) is 2.60. The molecule has 2 fully saturated rings. The number of aromatic nitrogens is 4. The third-order valence-electron chi connectivity index (χ3n) is 5.81. The van der Waals surface area contributed by atoms with Crippen molar-refractivity contribution in [1.29, 1.82) is 0 Å². The quantitative estimate of drug-likeness (QED) is 0.710. The molecule has 0 atom stereocenters. The standard InChI is InChI=1S/C18H17F3N6O2/c19-17(9-1-2-9)7-26(8-17)6-5-12-23-15-10-3-4-11-14(29-18(20,21)28-11)13(10)24-16(22)27(15)25-12/h3-4,9H,1-2,5-8H2,(H2,22,24). The summed E-state index contributed by atoms with van der Waals surface area (Å²) in [7, 11) is 0. The molecule has 29 heavy (non-hydrogen) atoms. The number of halogens is 3. The van der Waals surface area contributed by atoms with E-state index >= 15 is 0 Å². The smallest absolute Gasteiger partial charge is 0.395 e. The largest absolute Gasteiger partial charge is 0.586 e. The van der Waals surface area contributed by atoms with Gasteiger partial charge in [0.2, 0.25) is 5.95 Å². The lowest BCUT2D eigenvalue weighted by molar-refractivity contribution is -0.286. The number of hydrogen-bond acceptors (Lipinski definition) is 7. The summed E-state index contributed by atoms with van der Waals surface area (Å²) in [6, 6.07) is 2.95. The average Bonchev–Trinajstić information content (AvgIpc) is 3.31. The summed E-state index contributed by atoms with van der Waals surface area (Å²) in [5, 5.41) is 4.85. The van der Waals surface area contributed by atoms with Gasteiger partial charge in [-0.25, -0.2) is 14.4 Å². The van der Waals surface area contributed by atoms with E-state index in [2.05, 4.69) is 24.5 Å². The van der Waals surface area contributed by atoms with Crippen LogP contribution in [0.2, 0.25) is 0 Å². The lowest BCUT2D eigenvalue weighted by Crippen LogP contribution is -2.60. The van der Waals surface area contributed by atoms with Crippen LogP contribution in [0.5, 0.6) is 11.5 Å². The summed E-state index contributed by atoms with van der Waals surface area (Å²) in [6.07, 6.45) is -1.25. The van der Waals surface area contributed by atoms with Crippen molar-refractivity contribution >= 4 is 22.5 Å². The molecule has 0 amide bonds. The molecule has 1 aliphatic carbocycles. The molecule has 4 heterocycles. The molecule has 3 aliphatic rings. The lowest BCUT2D eigenvalue weighted by Gasteiger charge is -2.44. The number of ether oxygens (including phenoxy) is 2. The Morgan fingerprint density at radius 2 is 1.93 bits per heavy atom. The molecule has 0 spiro atoms. The van der Waals surface area contributed by atoms with E-state index in [1.165, 1.54) is 10.6 Å². The number of likely N-dealkylation sites (tertiary alicyclic amines) is 1. The van der Waals surface area contributed by atoms with Crippen LogP contribution in [0.1, 0.15) is 18.7 Å². The van der Waals surface area contributed by atoms with E-state index in [1.807, 2.05) is 4.90 Å². The van der Waals surface area contributed by atoms with Crippen molar-refractivity contribution in [2.45, 2.75) is 31.2 Å². The molecule has 1 saturated carbocycles. The third-order valence-corrected chi connectivity index (χ3v) is 5.81. The number of fused-ring (bicyclic) bond motifs is 5. The average molecular weight is 406 g/mol. The summed E-state index contributed by atoms with van der Waals surface area (Å²) in [5.41, 5.74) is 5.48. The Hall–Kier alpha value is -2.82. The first-order valence-electron chi connectivity index (χ1n) is 9.46. The molecule has 0 radical (unpaired) electrons. The zero-order valence-corrected chi connectivity index (χ0v) is 15.2. The van der Waals surface area contributed by atoms with Gasteiger partial charge in [-0.1, -0.05) is 0 Å². The number of alkyl halides is 3. The van der Waals surface area contributed by atoms with Crippen LogP contribution < -0.4 is 15.2 Å². The Kier molecular flexibility index (Phi) is 3.18. The van der Waals surface area contributed by atoms with Gasteiger partial charge in [0.1, 0.15) is 11.2 Å². The van der Waals surface area contributed by atoms with Crippen LogP contribution in [0.4, 0.5) is 19.1 Å². The van der Waals surface area contributed by atoms with E-state index in [-0.39, 0.29) is 28.9 Å². The monoisotopic (exact) mass is 406 g/mol. The second-order valence-electron chi connectivity index (χ2n) is 7.96. The minimum absolute atomic E-state index is 0.000995. The van der Waals surface area contributed by atoms with E-state index < -0.39 is 12.0 Å². The second-order valence-corrected chi connectivity index (χ2v) is 7.96. The van der Waals surface area contributed by atoms with Crippen molar-refractivity contribution in [3.05, 3.63) is 18.0 Å². The van der Waals surface area contributed by atoms with Crippen molar-refractivity contribution in [2.75, 3.05) is 25.4 Å². The maximum Gasteiger partial charge on any atom is 0.586 e. The highest BCUT2D eigenvalue weighted by molar-refractivity contribution is 5.97. The van der Waals surface area contributed by atoms with Crippen LogP contribution in [-0.2, 0) is 6.42 Å². The van der Waals surface area contributed by atoms with Gasteiger partial charge in [0.25, 0.3) is 0 Å². The maximum absolute atomic E-state index is 14.4. The number of anilines is 1. The Balaban J connectivity index is 1.29. The predicted molar refractivity (Wildman–Crippen MR) is 95.6 cm³/mol. The van der Waals surface area contributed by atoms with Crippen LogP contribution in [0.3, 0.4) is 0 Å². The lowest BCUT2D eigenvalue weighted by atomic mass is 9.91. The first kappa shape index (κ1) is 17.1. The number of hydrogen-bond donors (Lipinski definition) is 1. The van der Waals surface area contributed by atoms with Gasteiger partial charge in [-0.2, -0.15) is 4.52 Å². The molecule has 0 unspecified atom stereocenters. The molecule has 152 valence electrons. The van der Waals surface area contributed by atoms with Crippen LogP contribution in [0.25, 0.3) is 16.6 Å². The van der Waals surface area contributed by atoms with Crippen LogP contribution in [-0.4, -0.2) is 56.1 Å². The minimum Gasteiger partial charge on any atom is -0.395 e. The van der Waals surface area contributed by atoms with E-state index in [0.717, 1.165) is 12.8 Å². The minimum atomic E-state index is -3.75. The van der Waals surface area contributed by atoms with Gasteiger partial charge in [0.15, 0.2) is 23.0 Å². The van der Waals surface area contributed by atoms with Gasteiger partial charge >= 0.3 is 6.29 Å². The number of nitrogen functional groups attached to an aromatic ring is 1. The topological polar surface area (TPSA) is 90.8 Å². The summed E-state index contributed by atoms with van der Waals surface area (Å²) < 4.78 is 51.8. The SMILES string of the molecule is Nc1nc2c3c(ccc2c2nc(CCN4CC(F)(C5CC5)C4)nn12)OC(F)(F)O3. The van der Waals surface area contributed by atoms with Crippen LogP contribution >= 0.6 is 0 Å². The zero-order valence-electron chi connectivity index (χ0n) is 15.2.